The number of rotatable bonds is 7. The third-order valence-corrected chi connectivity index (χ3v) is 4.71. The number of ether oxygens (including phenoxy) is 1. The number of carbonyl (C=O) groups is 2. The van der Waals surface area contributed by atoms with Gasteiger partial charge in [0.2, 0.25) is 0 Å². The number of aromatic carboxylic acids is 1. The van der Waals surface area contributed by atoms with Crippen LogP contribution in [0.15, 0.2) is 23.6 Å². The number of carboxylic acid groups (broad SMARTS) is 1. The zero-order valence-electron chi connectivity index (χ0n) is 12.6. The van der Waals surface area contributed by atoms with Gasteiger partial charge in [-0.2, -0.15) is 0 Å². The number of carboxylic acids is 1. The van der Waals surface area contributed by atoms with Gasteiger partial charge < -0.3 is 15.2 Å². The maximum absolute atomic E-state index is 12.0. The number of nitrogens with zero attached hydrogens (tertiary/aromatic N) is 1. The molecule has 0 bridgehead atoms. The van der Waals surface area contributed by atoms with Crippen molar-refractivity contribution in [2.45, 2.75) is 19.4 Å². The zero-order valence-corrected chi connectivity index (χ0v) is 14.9. The Morgan fingerprint density at radius 1 is 1.42 bits per heavy atom. The van der Waals surface area contributed by atoms with Crippen molar-refractivity contribution in [1.82, 2.24) is 10.3 Å². The highest BCUT2D eigenvalue weighted by Crippen LogP contribution is 2.32. The van der Waals surface area contributed by atoms with Crippen LogP contribution < -0.4 is 10.1 Å². The molecule has 24 heavy (non-hydrogen) atoms. The fraction of sp³-hybridized carbons (Fsp3) is 0.267. The van der Waals surface area contributed by atoms with Crippen molar-refractivity contribution in [3.05, 3.63) is 44.3 Å². The summed E-state index contributed by atoms with van der Waals surface area (Å²) in [6.07, 6.45) is -0.319. The van der Waals surface area contributed by atoms with E-state index in [1.807, 2.05) is 0 Å². The molecule has 128 valence electrons. The number of hydrogen-bond acceptors (Lipinski definition) is 5. The number of benzene rings is 1. The van der Waals surface area contributed by atoms with Gasteiger partial charge in [0, 0.05) is 18.3 Å². The van der Waals surface area contributed by atoms with Crippen molar-refractivity contribution in [3.8, 4) is 5.75 Å². The lowest BCUT2D eigenvalue weighted by atomic mass is 10.3. The van der Waals surface area contributed by atoms with E-state index >= 15 is 0 Å². The van der Waals surface area contributed by atoms with Crippen LogP contribution in [0.5, 0.6) is 5.75 Å². The summed E-state index contributed by atoms with van der Waals surface area (Å²) in [6.45, 7) is 1.92. The van der Waals surface area contributed by atoms with Crippen LogP contribution >= 0.6 is 34.5 Å². The van der Waals surface area contributed by atoms with Crippen molar-refractivity contribution in [3.63, 3.8) is 0 Å². The monoisotopic (exact) mass is 388 g/mol. The molecule has 2 rings (SSSR count). The molecule has 2 N–H and O–H groups in total. The van der Waals surface area contributed by atoms with Gasteiger partial charge in [-0.05, 0) is 19.1 Å². The fourth-order valence-electron chi connectivity index (χ4n) is 1.78. The predicted octanol–water partition coefficient (Wildman–Crippen LogP) is 3.27. The summed E-state index contributed by atoms with van der Waals surface area (Å²) in [4.78, 5) is 26.7. The van der Waals surface area contributed by atoms with Crippen LogP contribution in [0.25, 0.3) is 0 Å². The van der Waals surface area contributed by atoms with E-state index < -0.39 is 12.1 Å². The van der Waals surface area contributed by atoms with Gasteiger partial charge in [-0.15, -0.1) is 11.3 Å². The predicted molar refractivity (Wildman–Crippen MR) is 92.3 cm³/mol. The second-order valence-electron chi connectivity index (χ2n) is 4.78. The fourth-order valence-corrected chi connectivity index (χ4v) is 2.89. The van der Waals surface area contributed by atoms with Gasteiger partial charge in [-0.1, -0.05) is 29.3 Å². The van der Waals surface area contributed by atoms with Crippen molar-refractivity contribution >= 4 is 46.4 Å². The highest BCUT2D eigenvalue weighted by atomic mass is 35.5. The number of hydrogen-bond donors (Lipinski definition) is 2. The van der Waals surface area contributed by atoms with E-state index in [0.29, 0.717) is 28.7 Å². The van der Waals surface area contributed by atoms with Crippen LogP contribution in [0.3, 0.4) is 0 Å². The Balaban J connectivity index is 1.83. The Hall–Kier alpha value is -1.83. The van der Waals surface area contributed by atoms with Gasteiger partial charge in [0.05, 0.1) is 10.0 Å². The van der Waals surface area contributed by atoms with Crippen LogP contribution in [-0.4, -0.2) is 34.6 Å². The first-order valence-corrected chi connectivity index (χ1v) is 8.58. The van der Waals surface area contributed by atoms with E-state index in [-0.39, 0.29) is 16.6 Å². The summed E-state index contributed by atoms with van der Waals surface area (Å²) in [5.41, 5.74) is 0.00799. The molecule has 9 heteroatoms. The average molecular weight is 389 g/mol. The molecule has 0 aliphatic rings. The zero-order chi connectivity index (χ0) is 17.7. The Kier molecular flexibility index (Phi) is 6.42. The molecule has 0 saturated carbocycles. The third kappa shape index (κ3) is 4.83. The number of carbonyl (C=O) groups excluding carboxylic acids is 1. The van der Waals surface area contributed by atoms with Crippen LogP contribution in [0.4, 0.5) is 0 Å². The van der Waals surface area contributed by atoms with Crippen LogP contribution in [0.2, 0.25) is 10.0 Å². The molecule has 6 nitrogen and oxygen atoms in total. The molecule has 1 aromatic carbocycles. The average Bonchev–Trinajstić information content (AvgIpc) is 3.01. The summed E-state index contributed by atoms with van der Waals surface area (Å²) < 4.78 is 5.51. The Bertz CT molecular complexity index is 751. The van der Waals surface area contributed by atoms with E-state index in [9.17, 15) is 9.59 Å². The van der Waals surface area contributed by atoms with E-state index in [2.05, 4.69) is 10.3 Å². The number of amides is 1. The van der Waals surface area contributed by atoms with Gasteiger partial charge in [-0.3, -0.25) is 4.79 Å². The molecule has 0 aliphatic carbocycles. The first-order valence-electron chi connectivity index (χ1n) is 6.94. The Morgan fingerprint density at radius 2 is 2.17 bits per heavy atom. The molecule has 0 fully saturated rings. The van der Waals surface area contributed by atoms with Gasteiger partial charge >= 0.3 is 5.97 Å². The molecule has 2 aromatic rings. The molecule has 1 aromatic heterocycles. The number of nitrogens with one attached hydrogen (secondary N) is 1. The SMILES string of the molecule is CC(Oc1cccc(Cl)c1Cl)C(=O)NCCc1nc(C(=O)O)cs1. The van der Waals surface area contributed by atoms with Gasteiger partial charge in [-0.25, -0.2) is 9.78 Å². The summed E-state index contributed by atoms with van der Waals surface area (Å²) in [5, 5.41) is 14.2. The third-order valence-electron chi connectivity index (χ3n) is 3.00. The van der Waals surface area contributed by atoms with Gasteiger partial charge in [0.15, 0.2) is 11.8 Å². The van der Waals surface area contributed by atoms with Gasteiger partial charge in [0.1, 0.15) is 10.8 Å². The lowest BCUT2D eigenvalue weighted by Gasteiger charge is -2.15. The number of halogens is 2. The van der Waals surface area contributed by atoms with Crippen LogP contribution in [0.1, 0.15) is 22.4 Å². The van der Waals surface area contributed by atoms with Crippen molar-refractivity contribution < 1.29 is 19.4 Å². The lowest BCUT2D eigenvalue weighted by molar-refractivity contribution is -0.127. The molecule has 1 atom stereocenters. The van der Waals surface area contributed by atoms with Crippen molar-refractivity contribution in [2.75, 3.05) is 6.54 Å². The van der Waals surface area contributed by atoms with Crippen molar-refractivity contribution in [1.29, 1.82) is 0 Å². The lowest BCUT2D eigenvalue weighted by Crippen LogP contribution is -2.37. The molecular formula is C15H14Cl2N2O4S. The van der Waals surface area contributed by atoms with E-state index in [1.165, 1.54) is 16.7 Å². The Labute approximate surface area is 152 Å². The summed E-state index contributed by atoms with van der Waals surface area (Å²) in [5.74, 6) is -1.05. The first kappa shape index (κ1) is 18.5. The summed E-state index contributed by atoms with van der Waals surface area (Å²) in [7, 11) is 0. The molecule has 0 radical (unpaired) electrons. The Morgan fingerprint density at radius 3 is 2.83 bits per heavy atom. The minimum absolute atomic E-state index is 0.00799. The molecule has 1 amide bonds. The van der Waals surface area contributed by atoms with E-state index in [0.717, 1.165) is 0 Å². The topological polar surface area (TPSA) is 88.5 Å². The van der Waals surface area contributed by atoms with Crippen LogP contribution in [-0.2, 0) is 11.2 Å². The molecule has 0 saturated heterocycles. The first-order chi connectivity index (χ1) is 11.4. The smallest absolute Gasteiger partial charge is 0.355 e. The highest BCUT2D eigenvalue weighted by Gasteiger charge is 2.17. The van der Waals surface area contributed by atoms with Gasteiger partial charge in [0.25, 0.3) is 5.91 Å². The minimum Gasteiger partial charge on any atom is -0.479 e. The molecule has 1 heterocycles. The largest absolute Gasteiger partial charge is 0.479 e. The van der Waals surface area contributed by atoms with E-state index in [4.69, 9.17) is 33.0 Å². The molecular weight excluding hydrogens is 375 g/mol. The second-order valence-corrected chi connectivity index (χ2v) is 6.51. The van der Waals surface area contributed by atoms with E-state index in [1.54, 1.807) is 25.1 Å². The number of aromatic nitrogens is 1. The second kappa shape index (κ2) is 8.32. The minimum atomic E-state index is -1.07. The molecule has 0 spiro atoms. The summed E-state index contributed by atoms with van der Waals surface area (Å²) in [6, 6.07) is 4.93. The quantitative estimate of drug-likeness (QED) is 0.759. The number of thiazole rings is 1. The molecule has 0 aliphatic heterocycles. The maximum Gasteiger partial charge on any atom is 0.355 e. The standard InChI is InChI=1S/C15H14Cl2N2O4S/c1-8(23-11-4-2-3-9(16)13(11)17)14(20)18-6-5-12-19-10(7-24-12)15(21)22/h2-4,7-8H,5-6H2,1H3,(H,18,20)(H,21,22). The van der Waals surface area contributed by atoms with Crippen molar-refractivity contribution in [2.24, 2.45) is 0 Å². The maximum atomic E-state index is 12.0. The highest BCUT2D eigenvalue weighted by molar-refractivity contribution is 7.09. The van der Waals surface area contributed by atoms with Crippen LogP contribution in [0, 0.1) is 0 Å². The summed E-state index contributed by atoms with van der Waals surface area (Å²) >= 11 is 13.1. The molecule has 1 unspecified atom stereocenters. The normalized spacial score (nSPS) is 11.8.